The first-order chi connectivity index (χ1) is 17.1. The number of pyridine rings is 1. The van der Waals surface area contributed by atoms with Crippen molar-refractivity contribution in [3.63, 3.8) is 0 Å². The zero-order chi connectivity index (χ0) is 24.2. The predicted octanol–water partition coefficient (Wildman–Crippen LogP) is 4.44. The summed E-state index contributed by atoms with van der Waals surface area (Å²) < 4.78 is 2.10. The zero-order valence-electron chi connectivity index (χ0n) is 20.3. The maximum Gasteiger partial charge on any atom is 0.267 e. The van der Waals surface area contributed by atoms with Gasteiger partial charge in [-0.3, -0.25) is 14.6 Å². The summed E-state index contributed by atoms with van der Waals surface area (Å²) in [4.78, 5) is 34.6. The molecule has 3 aromatic heterocycles. The summed E-state index contributed by atoms with van der Waals surface area (Å²) >= 11 is 0. The lowest BCUT2D eigenvalue weighted by Crippen LogP contribution is -2.39. The number of nitrogens with one attached hydrogen (secondary N) is 2. The van der Waals surface area contributed by atoms with Gasteiger partial charge in [-0.25, -0.2) is 0 Å². The molecule has 1 saturated heterocycles. The molecule has 1 aromatic carbocycles. The number of H-pyrrole nitrogens is 1. The number of piperidine rings is 1. The number of carbonyl (C=O) groups excluding carboxylic acids is 2. The molecule has 1 aliphatic rings. The van der Waals surface area contributed by atoms with Gasteiger partial charge in [0.15, 0.2) is 0 Å². The quantitative estimate of drug-likeness (QED) is 0.373. The minimum absolute atomic E-state index is 0.0702. The second-order valence-corrected chi connectivity index (χ2v) is 9.68. The van der Waals surface area contributed by atoms with E-state index >= 15 is 0 Å². The molecule has 0 unspecified atom stereocenters. The lowest BCUT2D eigenvalue weighted by molar-refractivity contribution is -0.131. The number of aromatic amines is 1. The largest absolute Gasteiger partial charge is 0.351 e. The molecule has 35 heavy (non-hydrogen) atoms. The molecule has 0 spiro atoms. The number of benzene rings is 1. The lowest BCUT2D eigenvalue weighted by Gasteiger charge is -2.32. The number of unbranched alkanes of at least 4 members (excludes halogenated alkanes) is 1. The topological polar surface area (TPSA) is 83.0 Å². The number of aryl methyl sites for hydroxylation is 1. The highest BCUT2D eigenvalue weighted by Gasteiger charge is 2.23. The van der Waals surface area contributed by atoms with Crippen LogP contribution in [0.3, 0.4) is 0 Å². The third kappa shape index (κ3) is 5.24. The van der Waals surface area contributed by atoms with Crippen LogP contribution < -0.4 is 5.32 Å². The molecule has 7 nitrogen and oxygen atoms in total. The molecule has 0 radical (unpaired) electrons. The number of carbonyl (C=O) groups is 2. The third-order valence-corrected chi connectivity index (χ3v) is 7.28. The SMILES string of the molecule is Cn1cc(CC(=O)N2CCC(CCCCNC(=O)c3cc4cnccc4[nH]3)CC2)c2ccccc21. The van der Waals surface area contributed by atoms with E-state index in [-0.39, 0.29) is 11.8 Å². The Hall–Kier alpha value is -3.61. The van der Waals surface area contributed by atoms with Crippen molar-refractivity contribution in [3.05, 3.63) is 66.2 Å². The Balaban J connectivity index is 1.01. The first-order valence-electron chi connectivity index (χ1n) is 12.6. The number of rotatable bonds is 8. The Labute approximate surface area is 205 Å². The number of amides is 2. The van der Waals surface area contributed by atoms with E-state index < -0.39 is 0 Å². The van der Waals surface area contributed by atoms with Gasteiger partial charge in [0.05, 0.1) is 6.42 Å². The van der Waals surface area contributed by atoms with Crippen molar-refractivity contribution in [2.24, 2.45) is 13.0 Å². The molecular formula is C28H33N5O2. The fourth-order valence-corrected chi connectivity index (χ4v) is 5.26. The summed E-state index contributed by atoms with van der Waals surface area (Å²) in [6, 6.07) is 12.0. The number of para-hydroxylation sites is 1. The van der Waals surface area contributed by atoms with Crippen LogP contribution in [0.25, 0.3) is 21.8 Å². The van der Waals surface area contributed by atoms with E-state index in [9.17, 15) is 9.59 Å². The van der Waals surface area contributed by atoms with E-state index in [1.165, 1.54) is 10.9 Å². The van der Waals surface area contributed by atoms with Gasteiger partial charge in [-0.05, 0) is 48.9 Å². The highest BCUT2D eigenvalue weighted by molar-refractivity contribution is 5.97. The number of likely N-dealkylation sites (tertiary alicyclic amines) is 1. The molecule has 182 valence electrons. The Morgan fingerprint density at radius 2 is 1.97 bits per heavy atom. The molecule has 2 amide bonds. The Kier molecular flexibility index (Phi) is 6.84. The second kappa shape index (κ2) is 10.3. The van der Waals surface area contributed by atoms with Gasteiger partial charge in [0.25, 0.3) is 5.91 Å². The summed E-state index contributed by atoms with van der Waals surface area (Å²) in [6.07, 6.45) is 11.4. The number of hydrogen-bond acceptors (Lipinski definition) is 3. The van der Waals surface area contributed by atoms with Crippen LogP contribution in [-0.2, 0) is 18.3 Å². The van der Waals surface area contributed by atoms with Crippen LogP contribution in [0.2, 0.25) is 0 Å². The molecule has 7 heteroatoms. The molecule has 4 aromatic rings. The van der Waals surface area contributed by atoms with Crippen molar-refractivity contribution in [2.45, 2.75) is 38.5 Å². The molecule has 1 fully saturated rings. The first kappa shape index (κ1) is 23.1. The van der Waals surface area contributed by atoms with E-state index in [0.29, 0.717) is 24.6 Å². The van der Waals surface area contributed by atoms with Gasteiger partial charge in [0.2, 0.25) is 5.91 Å². The third-order valence-electron chi connectivity index (χ3n) is 7.28. The number of aromatic nitrogens is 3. The highest BCUT2D eigenvalue weighted by Crippen LogP contribution is 2.25. The monoisotopic (exact) mass is 471 g/mol. The van der Waals surface area contributed by atoms with Crippen LogP contribution in [0.15, 0.2) is 55.0 Å². The van der Waals surface area contributed by atoms with Crippen molar-refractivity contribution >= 4 is 33.6 Å². The number of hydrogen-bond donors (Lipinski definition) is 2. The van der Waals surface area contributed by atoms with Gasteiger partial charge in [-0.1, -0.05) is 31.0 Å². The van der Waals surface area contributed by atoms with Crippen LogP contribution in [0, 0.1) is 5.92 Å². The Morgan fingerprint density at radius 3 is 2.80 bits per heavy atom. The summed E-state index contributed by atoms with van der Waals surface area (Å²) in [6.45, 7) is 2.37. The molecule has 4 heterocycles. The first-order valence-corrected chi connectivity index (χ1v) is 12.6. The van der Waals surface area contributed by atoms with Gasteiger partial charge in [0, 0.05) is 67.1 Å². The standard InChI is InChI=1S/C28H33N5O2/c1-32-19-22(23-7-2-3-8-26(23)32)17-27(34)33-14-10-20(11-15-33)6-4-5-12-30-28(35)25-16-21-18-29-13-9-24(21)31-25/h2-3,7-9,13,16,18-20,31H,4-6,10-12,14-15,17H2,1H3,(H,30,35). The molecular weight excluding hydrogens is 438 g/mol. The van der Waals surface area contributed by atoms with E-state index in [0.717, 1.165) is 61.7 Å². The van der Waals surface area contributed by atoms with Crippen LogP contribution in [0.4, 0.5) is 0 Å². The number of nitrogens with zero attached hydrogens (tertiary/aromatic N) is 3. The Morgan fingerprint density at radius 1 is 1.14 bits per heavy atom. The van der Waals surface area contributed by atoms with Crippen molar-refractivity contribution in [1.82, 2.24) is 24.8 Å². The van der Waals surface area contributed by atoms with E-state index in [1.807, 2.05) is 36.2 Å². The predicted molar refractivity (Wildman–Crippen MR) is 138 cm³/mol. The minimum atomic E-state index is -0.0702. The van der Waals surface area contributed by atoms with Crippen LogP contribution in [0.1, 0.15) is 48.2 Å². The summed E-state index contributed by atoms with van der Waals surface area (Å²) in [7, 11) is 2.03. The maximum absolute atomic E-state index is 12.9. The van der Waals surface area contributed by atoms with Crippen molar-refractivity contribution in [2.75, 3.05) is 19.6 Å². The maximum atomic E-state index is 12.9. The van der Waals surface area contributed by atoms with Crippen LogP contribution in [0.5, 0.6) is 0 Å². The van der Waals surface area contributed by atoms with E-state index in [2.05, 4.69) is 38.2 Å². The minimum Gasteiger partial charge on any atom is -0.351 e. The van der Waals surface area contributed by atoms with Crippen molar-refractivity contribution in [1.29, 1.82) is 0 Å². The zero-order valence-corrected chi connectivity index (χ0v) is 20.3. The molecule has 0 saturated carbocycles. The molecule has 2 N–H and O–H groups in total. The summed E-state index contributed by atoms with van der Waals surface area (Å²) in [5.74, 6) is 0.822. The van der Waals surface area contributed by atoms with Gasteiger partial charge >= 0.3 is 0 Å². The normalized spacial score (nSPS) is 14.6. The second-order valence-electron chi connectivity index (χ2n) is 9.68. The van der Waals surface area contributed by atoms with E-state index in [4.69, 9.17) is 0 Å². The average molecular weight is 472 g/mol. The lowest BCUT2D eigenvalue weighted by atomic mass is 9.91. The molecule has 5 rings (SSSR count). The van der Waals surface area contributed by atoms with Gasteiger partial charge < -0.3 is 19.8 Å². The Bertz CT molecular complexity index is 1300. The average Bonchev–Trinajstić information content (AvgIpc) is 3.45. The summed E-state index contributed by atoms with van der Waals surface area (Å²) in [5, 5.41) is 5.13. The van der Waals surface area contributed by atoms with Crippen molar-refractivity contribution in [3.8, 4) is 0 Å². The fourth-order valence-electron chi connectivity index (χ4n) is 5.26. The van der Waals surface area contributed by atoms with Crippen LogP contribution >= 0.6 is 0 Å². The van der Waals surface area contributed by atoms with Gasteiger partial charge in [0.1, 0.15) is 5.69 Å². The van der Waals surface area contributed by atoms with Crippen LogP contribution in [-0.4, -0.2) is 50.9 Å². The molecule has 0 aliphatic carbocycles. The molecule has 1 aliphatic heterocycles. The summed E-state index contributed by atoms with van der Waals surface area (Å²) in [5.41, 5.74) is 3.78. The molecule has 0 atom stereocenters. The fraction of sp³-hybridized carbons (Fsp3) is 0.393. The smallest absolute Gasteiger partial charge is 0.267 e. The molecule has 0 bridgehead atoms. The van der Waals surface area contributed by atoms with Crippen molar-refractivity contribution < 1.29 is 9.59 Å². The van der Waals surface area contributed by atoms with Gasteiger partial charge in [-0.15, -0.1) is 0 Å². The highest BCUT2D eigenvalue weighted by atomic mass is 16.2. The van der Waals surface area contributed by atoms with E-state index in [1.54, 1.807) is 12.4 Å². The number of fused-ring (bicyclic) bond motifs is 2. The van der Waals surface area contributed by atoms with Gasteiger partial charge in [-0.2, -0.15) is 0 Å².